The summed E-state index contributed by atoms with van der Waals surface area (Å²) in [4.78, 5) is 35.0. The molecule has 9 nitrogen and oxygen atoms in total. The Labute approximate surface area is 436 Å². The number of phosphoric ester groups is 1. The standard InChI is InChI=1S/C61H106NO8P/c1-3-5-7-9-11-13-15-16-17-18-19-20-21-22-23-24-25-26-27-28-29-30-31-32-33-34-35-36-37-38-39-40-41-42-44-46-48-50-52-54-61(64)70-59(58-69-71(65,66)68-56-55-62)57-67-60(63)53-51-49-47-45-43-14-12-10-8-6-4-2/h5,7,10-13,16-17,19-20,22-23,25-26,28-29,59H,3-4,6,8-9,14-15,18,21,24,27,30-58,62H2,1-2H3,(H,65,66)/b7-5-,12-10-,13-11-,17-16-,20-19-,23-22-,26-25-,29-28-. The quantitative estimate of drug-likeness (QED) is 0.0264. The molecule has 0 rings (SSSR count). The summed E-state index contributed by atoms with van der Waals surface area (Å²) in [6.07, 6.45) is 74.9. The molecule has 0 aliphatic carbocycles. The fraction of sp³-hybridized carbons (Fsp3) is 0.705. The second-order valence-electron chi connectivity index (χ2n) is 18.8. The maximum atomic E-state index is 12.7. The Kier molecular flexibility index (Phi) is 53.8. The fourth-order valence-corrected chi connectivity index (χ4v) is 8.48. The number of unbranched alkanes of at least 4 members (excludes halogenated alkanes) is 24. The number of hydrogen-bond donors (Lipinski definition) is 2. The minimum absolute atomic E-state index is 0.0503. The third-order valence-corrected chi connectivity index (χ3v) is 12.9. The topological polar surface area (TPSA) is 134 Å². The SMILES string of the molecule is CC/C=C\C/C=C\C/C=C\C/C=C\C/C=C\C/C=C\C/C=C\CCCCCCCCCCCCCCCCCCCC(=O)OC(COC(=O)CCCCCCC/C=C\CCCC)COP(=O)(O)OCCN. The van der Waals surface area contributed by atoms with E-state index in [9.17, 15) is 19.0 Å². The molecule has 0 amide bonds. The molecule has 0 saturated carbocycles. The maximum absolute atomic E-state index is 12.7. The molecule has 0 saturated heterocycles. The van der Waals surface area contributed by atoms with Gasteiger partial charge in [0.25, 0.3) is 0 Å². The van der Waals surface area contributed by atoms with Crippen LogP contribution in [0.5, 0.6) is 0 Å². The van der Waals surface area contributed by atoms with Gasteiger partial charge in [-0.25, -0.2) is 4.57 Å². The molecule has 71 heavy (non-hydrogen) atoms. The first-order valence-electron chi connectivity index (χ1n) is 28.7. The third-order valence-electron chi connectivity index (χ3n) is 12.0. The Morgan fingerprint density at radius 3 is 1.17 bits per heavy atom. The molecular formula is C61H106NO8P. The van der Waals surface area contributed by atoms with Gasteiger partial charge in [0.15, 0.2) is 6.10 Å². The molecule has 0 spiro atoms. The van der Waals surface area contributed by atoms with Crippen molar-refractivity contribution in [1.82, 2.24) is 0 Å². The lowest BCUT2D eigenvalue weighted by atomic mass is 10.0. The van der Waals surface area contributed by atoms with Gasteiger partial charge < -0.3 is 20.1 Å². The van der Waals surface area contributed by atoms with Crippen LogP contribution in [0.25, 0.3) is 0 Å². The molecule has 0 heterocycles. The second-order valence-corrected chi connectivity index (χ2v) is 20.2. The van der Waals surface area contributed by atoms with Crippen molar-refractivity contribution in [2.24, 2.45) is 5.73 Å². The van der Waals surface area contributed by atoms with Crippen LogP contribution in [0.15, 0.2) is 97.2 Å². The number of carbonyl (C=O) groups excluding carboxylic acids is 2. The maximum Gasteiger partial charge on any atom is 0.472 e. The molecular weight excluding hydrogens is 906 g/mol. The van der Waals surface area contributed by atoms with E-state index in [1.54, 1.807) is 0 Å². The van der Waals surface area contributed by atoms with Crippen LogP contribution in [-0.2, 0) is 32.7 Å². The van der Waals surface area contributed by atoms with Crippen molar-refractivity contribution in [1.29, 1.82) is 0 Å². The lowest BCUT2D eigenvalue weighted by Gasteiger charge is -2.19. The molecule has 0 aliphatic heterocycles. The Bertz CT molecular complexity index is 1480. The zero-order valence-electron chi connectivity index (χ0n) is 45.4. The van der Waals surface area contributed by atoms with Gasteiger partial charge in [0.05, 0.1) is 13.2 Å². The largest absolute Gasteiger partial charge is 0.472 e. The summed E-state index contributed by atoms with van der Waals surface area (Å²) in [6, 6.07) is 0. The number of carbonyl (C=O) groups is 2. The molecule has 3 N–H and O–H groups in total. The molecule has 0 aromatic rings. The average molecular weight is 1010 g/mol. The van der Waals surface area contributed by atoms with Crippen molar-refractivity contribution in [2.45, 2.75) is 251 Å². The Hall–Kier alpha value is -3.07. The van der Waals surface area contributed by atoms with E-state index in [1.165, 1.54) is 103 Å². The molecule has 0 fully saturated rings. The molecule has 2 unspecified atom stereocenters. The van der Waals surface area contributed by atoms with Crippen LogP contribution in [0.2, 0.25) is 0 Å². The van der Waals surface area contributed by atoms with Gasteiger partial charge in [-0.15, -0.1) is 0 Å². The molecule has 10 heteroatoms. The Morgan fingerprint density at radius 2 is 0.775 bits per heavy atom. The number of allylic oxidation sites excluding steroid dienone is 16. The van der Waals surface area contributed by atoms with E-state index in [-0.39, 0.29) is 32.6 Å². The van der Waals surface area contributed by atoms with Crippen molar-refractivity contribution >= 4 is 19.8 Å². The lowest BCUT2D eigenvalue weighted by molar-refractivity contribution is -0.161. The molecule has 0 aromatic heterocycles. The van der Waals surface area contributed by atoms with Gasteiger partial charge >= 0.3 is 19.8 Å². The van der Waals surface area contributed by atoms with Crippen molar-refractivity contribution in [3.63, 3.8) is 0 Å². The predicted octanol–water partition coefficient (Wildman–Crippen LogP) is 18.1. The number of rotatable bonds is 53. The van der Waals surface area contributed by atoms with Crippen molar-refractivity contribution < 1.29 is 37.6 Å². The highest BCUT2D eigenvalue weighted by molar-refractivity contribution is 7.47. The normalized spacial score (nSPS) is 13.8. The summed E-state index contributed by atoms with van der Waals surface area (Å²) in [7, 11) is -4.38. The highest BCUT2D eigenvalue weighted by Crippen LogP contribution is 2.43. The Morgan fingerprint density at radius 1 is 0.437 bits per heavy atom. The van der Waals surface area contributed by atoms with Gasteiger partial charge in [-0.2, -0.15) is 0 Å². The molecule has 408 valence electrons. The van der Waals surface area contributed by atoms with E-state index >= 15 is 0 Å². The van der Waals surface area contributed by atoms with E-state index in [0.717, 1.165) is 109 Å². The van der Waals surface area contributed by atoms with Crippen LogP contribution in [0.1, 0.15) is 245 Å². The van der Waals surface area contributed by atoms with E-state index < -0.39 is 32.5 Å². The van der Waals surface area contributed by atoms with Crippen LogP contribution in [0, 0.1) is 0 Å². The molecule has 0 radical (unpaired) electrons. The first-order valence-corrected chi connectivity index (χ1v) is 30.2. The van der Waals surface area contributed by atoms with E-state index in [2.05, 4.69) is 111 Å². The first kappa shape index (κ1) is 67.9. The number of hydrogen-bond acceptors (Lipinski definition) is 8. The summed E-state index contributed by atoms with van der Waals surface area (Å²) >= 11 is 0. The summed E-state index contributed by atoms with van der Waals surface area (Å²) in [5, 5.41) is 0. The highest BCUT2D eigenvalue weighted by Gasteiger charge is 2.26. The molecule has 2 atom stereocenters. The molecule has 0 aromatic carbocycles. The first-order chi connectivity index (χ1) is 34.8. The Balaban J connectivity index is 3.83. The molecule has 0 aliphatic rings. The number of phosphoric acid groups is 1. The average Bonchev–Trinajstić information content (AvgIpc) is 3.36. The second kappa shape index (κ2) is 56.2. The van der Waals surface area contributed by atoms with Crippen LogP contribution >= 0.6 is 7.82 Å². The van der Waals surface area contributed by atoms with Crippen LogP contribution in [0.4, 0.5) is 0 Å². The zero-order chi connectivity index (χ0) is 51.7. The number of esters is 2. The van der Waals surface area contributed by atoms with Crippen molar-refractivity contribution in [3.8, 4) is 0 Å². The minimum Gasteiger partial charge on any atom is -0.462 e. The van der Waals surface area contributed by atoms with E-state index in [1.807, 2.05) is 0 Å². The van der Waals surface area contributed by atoms with Crippen LogP contribution in [0.3, 0.4) is 0 Å². The van der Waals surface area contributed by atoms with Crippen LogP contribution in [-0.4, -0.2) is 49.3 Å². The lowest BCUT2D eigenvalue weighted by Crippen LogP contribution is -2.29. The van der Waals surface area contributed by atoms with Gasteiger partial charge in [-0.05, 0) is 89.9 Å². The summed E-state index contributed by atoms with van der Waals surface area (Å²) in [6.45, 7) is 3.58. The summed E-state index contributed by atoms with van der Waals surface area (Å²) in [5.41, 5.74) is 5.36. The van der Waals surface area contributed by atoms with Gasteiger partial charge in [-0.1, -0.05) is 239 Å². The number of ether oxygens (including phenoxy) is 2. The van der Waals surface area contributed by atoms with Gasteiger partial charge in [-0.3, -0.25) is 18.6 Å². The van der Waals surface area contributed by atoms with Gasteiger partial charge in [0.2, 0.25) is 0 Å². The number of nitrogens with two attached hydrogens (primary N) is 1. The summed E-state index contributed by atoms with van der Waals surface area (Å²) < 4.78 is 32.9. The summed E-state index contributed by atoms with van der Waals surface area (Å²) in [5.74, 6) is -0.838. The van der Waals surface area contributed by atoms with Crippen LogP contribution < -0.4 is 5.73 Å². The smallest absolute Gasteiger partial charge is 0.462 e. The monoisotopic (exact) mass is 1010 g/mol. The van der Waals surface area contributed by atoms with E-state index in [0.29, 0.717) is 6.42 Å². The molecule has 0 bridgehead atoms. The van der Waals surface area contributed by atoms with Gasteiger partial charge in [0, 0.05) is 19.4 Å². The van der Waals surface area contributed by atoms with Gasteiger partial charge in [0.1, 0.15) is 6.61 Å². The van der Waals surface area contributed by atoms with Crippen molar-refractivity contribution in [3.05, 3.63) is 97.2 Å². The fourth-order valence-electron chi connectivity index (χ4n) is 7.72. The van der Waals surface area contributed by atoms with Crippen molar-refractivity contribution in [2.75, 3.05) is 26.4 Å². The zero-order valence-corrected chi connectivity index (χ0v) is 46.3. The highest BCUT2D eigenvalue weighted by atomic mass is 31.2. The third kappa shape index (κ3) is 56.1. The minimum atomic E-state index is -4.38. The predicted molar refractivity (Wildman–Crippen MR) is 302 cm³/mol. The van der Waals surface area contributed by atoms with E-state index in [4.69, 9.17) is 24.3 Å².